The van der Waals surface area contributed by atoms with Gasteiger partial charge in [0.2, 0.25) is 17.7 Å². The van der Waals surface area contributed by atoms with Gasteiger partial charge >= 0.3 is 12.1 Å². The average molecular weight is 535 g/mol. The summed E-state index contributed by atoms with van der Waals surface area (Å²) in [5.74, 6) is -2.54. The van der Waals surface area contributed by atoms with Crippen molar-refractivity contribution in [1.29, 1.82) is 0 Å². The van der Waals surface area contributed by atoms with Crippen molar-refractivity contribution in [3.63, 3.8) is 0 Å². The highest BCUT2D eigenvalue weighted by atomic mass is 16.6. The maximum absolute atomic E-state index is 14.1. The molecule has 0 heterocycles. The van der Waals surface area contributed by atoms with Gasteiger partial charge in [-0.25, -0.2) is 4.79 Å². The average Bonchev–Trinajstić information content (AvgIpc) is 2.77. The molecule has 0 bridgehead atoms. The van der Waals surface area contributed by atoms with Crippen molar-refractivity contribution in [2.75, 3.05) is 13.7 Å². The van der Waals surface area contributed by atoms with Crippen LogP contribution in [0.4, 0.5) is 4.79 Å². The van der Waals surface area contributed by atoms with E-state index in [-0.39, 0.29) is 12.8 Å². The lowest BCUT2D eigenvalue weighted by Gasteiger charge is -2.43. The Kier molecular flexibility index (Phi) is 11.3. The molecule has 2 unspecified atom stereocenters. The topological polar surface area (TPSA) is 157 Å². The number of amides is 4. The quantitative estimate of drug-likeness (QED) is 0.389. The molecule has 11 heteroatoms. The number of esters is 1. The molecule has 4 N–H and O–H groups in total. The van der Waals surface area contributed by atoms with Crippen LogP contribution < -0.4 is 16.4 Å². The zero-order chi connectivity index (χ0) is 29.4. The highest BCUT2D eigenvalue weighted by Crippen LogP contribution is 2.33. The fraction of sp³-hybridized carbons (Fsp3) is 0.593. The number of alkyl carbamates (subject to hydrolysis) is 1. The second-order valence-electron chi connectivity index (χ2n) is 11.1. The third kappa shape index (κ3) is 9.68. The Morgan fingerprint density at radius 3 is 2.13 bits per heavy atom. The fourth-order valence-electron chi connectivity index (χ4n) is 3.80. The Morgan fingerprint density at radius 2 is 1.63 bits per heavy atom. The van der Waals surface area contributed by atoms with Gasteiger partial charge < -0.3 is 30.7 Å². The summed E-state index contributed by atoms with van der Waals surface area (Å²) in [6.07, 6.45) is -1.15. The van der Waals surface area contributed by atoms with Crippen LogP contribution in [0, 0.1) is 13.8 Å². The number of rotatable bonds is 10. The van der Waals surface area contributed by atoms with Crippen LogP contribution in [-0.2, 0) is 28.7 Å². The number of carbonyl (C=O) groups is 5. The van der Waals surface area contributed by atoms with E-state index in [9.17, 15) is 24.0 Å². The van der Waals surface area contributed by atoms with Crippen LogP contribution in [0.5, 0.6) is 0 Å². The summed E-state index contributed by atoms with van der Waals surface area (Å²) < 4.78 is 9.97. The van der Waals surface area contributed by atoms with Gasteiger partial charge in [0.05, 0.1) is 7.11 Å². The summed E-state index contributed by atoms with van der Waals surface area (Å²) in [4.78, 5) is 65.1. The van der Waals surface area contributed by atoms with Crippen LogP contribution in [0.3, 0.4) is 0 Å². The number of benzene rings is 1. The molecule has 0 fully saturated rings. The van der Waals surface area contributed by atoms with Crippen LogP contribution in [0.15, 0.2) is 18.2 Å². The number of nitrogens with one attached hydrogen (secondary N) is 2. The van der Waals surface area contributed by atoms with Gasteiger partial charge in [0.15, 0.2) is 0 Å². The summed E-state index contributed by atoms with van der Waals surface area (Å²) in [7, 11) is 1.20. The second kappa shape index (κ2) is 13.3. The predicted molar refractivity (Wildman–Crippen MR) is 142 cm³/mol. The fourth-order valence-corrected chi connectivity index (χ4v) is 3.80. The van der Waals surface area contributed by atoms with Crippen molar-refractivity contribution in [3.8, 4) is 0 Å². The van der Waals surface area contributed by atoms with Crippen molar-refractivity contribution in [3.05, 3.63) is 34.9 Å². The molecule has 212 valence electrons. The Hall–Kier alpha value is -3.63. The number of ether oxygens (including phenoxy) is 2. The third-order valence-electron chi connectivity index (χ3n) is 5.71. The van der Waals surface area contributed by atoms with Crippen LogP contribution in [-0.4, -0.2) is 65.5 Å². The third-order valence-corrected chi connectivity index (χ3v) is 5.71. The van der Waals surface area contributed by atoms with Crippen molar-refractivity contribution in [2.24, 2.45) is 5.73 Å². The number of methoxy groups -OCH3 is 1. The number of hydrogen-bond donors (Lipinski definition) is 3. The number of nitrogens with zero attached hydrogens (tertiary/aromatic N) is 1. The first-order valence-corrected chi connectivity index (χ1v) is 12.4. The Labute approximate surface area is 224 Å². The van der Waals surface area contributed by atoms with Crippen LogP contribution in [0.1, 0.15) is 77.1 Å². The molecule has 2 atom stereocenters. The summed E-state index contributed by atoms with van der Waals surface area (Å²) in [5.41, 5.74) is 5.78. The molecule has 1 rings (SSSR count). The Balaban J connectivity index is 3.65. The maximum atomic E-state index is 14.1. The summed E-state index contributed by atoms with van der Waals surface area (Å²) in [6.45, 7) is 13.6. The zero-order valence-electron chi connectivity index (χ0n) is 23.9. The number of hydrogen-bond acceptors (Lipinski definition) is 7. The van der Waals surface area contributed by atoms with Gasteiger partial charge in [0, 0.05) is 12.0 Å². The van der Waals surface area contributed by atoms with Gasteiger partial charge in [-0.1, -0.05) is 18.2 Å². The highest BCUT2D eigenvalue weighted by Gasteiger charge is 2.42. The van der Waals surface area contributed by atoms with Gasteiger partial charge in [-0.05, 0) is 78.5 Å². The van der Waals surface area contributed by atoms with Gasteiger partial charge in [-0.15, -0.1) is 0 Å². The van der Waals surface area contributed by atoms with Crippen molar-refractivity contribution < 1.29 is 33.4 Å². The van der Waals surface area contributed by atoms with Crippen molar-refractivity contribution in [1.82, 2.24) is 15.5 Å². The molecule has 38 heavy (non-hydrogen) atoms. The van der Waals surface area contributed by atoms with Crippen molar-refractivity contribution >= 4 is 29.8 Å². The largest absolute Gasteiger partial charge is 0.468 e. The molecule has 1 aromatic carbocycles. The number of primary amides is 1. The van der Waals surface area contributed by atoms with E-state index in [4.69, 9.17) is 10.5 Å². The van der Waals surface area contributed by atoms with E-state index >= 15 is 0 Å². The van der Waals surface area contributed by atoms with E-state index in [2.05, 4.69) is 15.4 Å². The minimum Gasteiger partial charge on any atom is -0.468 e. The molecule has 4 amide bonds. The first kappa shape index (κ1) is 32.4. The van der Waals surface area contributed by atoms with E-state index in [0.29, 0.717) is 5.56 Å². The van der Waals surface area contributed by atoms with E-state index in [0.717, 1.165) is 11.1 Å². The van der Waals surface area contributed by atoms with E-state index < -0.39 is 59.6 Å². The predicted octanol–water partition coefficient (Wildman–Crippen LogP) is 2.42. The van der Waals surface area contributed by atoms with Gasteiger partial charge in [-0.2, -0.15) is 0 Å². The molecule has 0 saturated heterocycles. The summed E-state index contributed by atoms with van der Waals surface area (Å²) in [5, 5.41) is 5.10. The van der Waals surface area contributed by atoms with Crippen LogP contribution in [0.25, 0.3) is 0 Å². The Bertz CT molecular complexity index is 1040. The second-order valence-corrected chi connectivity index (χ2v) is 11.1. The minimum atomic E-state index is -1.22. The minimum absolute atomic E-state index is 0.108. The monoisotopic (exact) mass is 534 g/mol. The molecule has 0 aliphatic rings. The van der Waals surface area contributed by atoms with Crippen LogP contribution in [0.2, 0.25) is 0 Å². The number of nitrogens with two attached hydrogens (primary N) is 1. The zero-order valence-corrected chi connectivity index (χ0v) is 23.9. The van der Waals surface area contributed by atoms with Crippen LogP contribution >= 0.6 is 0 Å². The molecule has 0 aromatic heterocycles. The van der Waals surface area contributed by atoms with E-state index in [1.807, 2.05) is 19.9 Å². The van der Waals surface area contributed by atoms with Gasteiger partial charge in [0.1, 0.15) is 24.2 Å². The van der Waals surface area contributed by atoms with E-state index in [1.54, 1.807) is 53.7 Å². The molecule has 1 aromatic rings. The number of aryl methyl sites for hydroxylation is 1. The van der Waals surface area contributed by atoms with Crippen molar-refractivity contribution in [2.45, 2.75) is 91.5 Å². The molecule has 11 nitrogen and oxygen atoms in total. The Morgan fingerprint density at radius 1 is 1.03 bits per heavy atom. The SMILES string of the molecule is COC(=O)CNC(=O)C(c1cccc(C)c1C)N(C(=O)C(CCC(N)=O)NC(=O)OC(C)(C)C)C(C)(C)C. The molecule has 0 saturated carbocycles. The normalized spacial score (nSPS) is 13.1. The number of carbonyl (C=O) groups excluding carboxylic acids is 5. The molecular formula is C27H42N4O7. The lowest BCUT2D eigenvalue weighted by molar-refractivity contribution is -0.149. The molecule has 0 radical (unpaired) electrons. The maximum Gasteiger partial charge on any atom is 0.408 e. The molecule has 0 aliphatic carbocycles. The summed E-state index contributed by atoms with van der Waals surface area (Å²) in [6, 6.07) is 2.98. The lowest BCUT2D eigenvalue weighted by atomic mass is 9.91. The van der Waals surface area contributed by atoms with E-state index in [1.165, 1.54) is 12.0 Å². The molecule has 0 aliphatic heterocycles. The standard InChI is InChI=1S/C27H42N4O7/c1-16-11-10-12-18(17(16)2)22(23(34)29-15-21(33)37-9)31(26(3,4)5)24(35)19(13-14-20(28)32)30-25(36)38-27(6,7)8/h10-12,19,22H,13-15H2,1-9H3,(H2,28,32)(H,29,34)(H,30,36). The lowest BCUT2D eigenvalue weighted by Crippen LogP contribution is -2.59. The smallest absolute Gasteiger partial charge is 0.408 e. The summed E-state index contributed by atoms with van der Waals surface area (Å²) >= 11 is 0. The van der Waals surface area contributed by atoms with Gasteiger partial charge in [0.25, 0.3) is 0 Å². The molecule has 0 spiro atoms. The first-order chi connectivity index (χ1) is 17.4. The highest BCUT2D eigenvalue weighted by molar-refractivity contribution is 5.94. The molecular weight excluding hydrogens is 492 g/mol. The first-order valence-electron chi connectivity index (χ1n) is 12.4. The van der Waals surface area contributed by atoms with Gasteiger partial charge in [-0.3, -0.25) is 19.2 Å².